The number of aryl methyl sites for hydroxylation is 2. The molecule has 0 saturated carbocycles. The Hall–Kier alpha value is -3.45. The minimum atomic E-state index is -3.91. The molecule has 7 heteroatoms. The Morgan fingerprint density at radius 3 is 2.07 bits per heavy atom. The summed E-state index contributed by atoms with van der Waals surface area (Å²) in [5, 5.41) is 7.48. The van der Waals surface area contributed by atoms with Crippen LogP contribution in [-0.4, -0.2) is 22.6 Å². The maximum absolute atomic E-state index is 13.3. The van der Waals surface area contributed by atoms with Gasteiger partial charge < -0.3 is 5.32 Å². The van der Waals surface area contributed by atoms with Gasteiger partial charge in [-0.3, -0.25) is 0 Å². The fourth-order valence-corrected chi connectivity index (χ4v) is 4.18. The van der Waals surface area contributed by atoms with Gasteiger partial charge >= 0.3 is 0 Å². The van der Waals surface area contributed by atoms with Gasteiger partial charge in [-0.25, -0.2) is 0 Å². The van der Waals surface area contributed by atoms with Crippen molar-refractivity contribution in [3.05, 3.63) is 95.6 Å². The second-order valence-electron chi connectivity index (χ2n) is 7.13. The SMILES string of the molecule is Cc1ccc(-c2nc(NCc3ccccc3)n(S(=O)(=O)c3ccc(C)cc3)n2)cc1. The molecule has 30 heavy (non-hydrogen) atoms. The van der Waals surface area contributed by atoms with Crippen LogP contribution >= 0.6 is 0 Å². The molecule has 0 unspecified atom stereocenters. The van der Waals surface area contributed by atoms with Gasteiger partial charge in [-0.1, -0.05) is 77.9 Å². The predicted molar refractivity (Wildman–Crippen MR) is 118 cm³/mol. The molecule has 1 N–H and O–H groups in total. The van der Waals surface area contributed by atoms with Crippen LogP contribution < -0.4 is 5.32 Å². The number of rotatable bonds is 6. The first-order valence-corrected chi connectivity index (χ1v) is 11.0. The molecule has 1 heterocycles. The molecule has 0 amide bonds. The smallest absolute Gasteiger partial charge is 0.286 e. The van der Waals surface area contributed by atoms with Crippen LogP contribution in [0.15, 0.2) is 83.8 Å². The molecule has 0 aliphatic rings. The minimum absolute atomic E-state index is 0.163. The molecule has 0 atom stereocenters. The average Bonchev–Trinajstić information content (AvgIpc) is 3.19. The van der Waals surface area contributed by atoms with Crippen molar-refractivity contribution in [2.24, 2.45) is 0 Å². The van der Waals surface area contributed by atoms with Crippen LogP contribution in [0.5, 0.6) is 0 Å². The van der Waals surface area contributed by atoms with Gasteiger partial charge in [-0.05, 0) is 31.5 Å². The van der Waals surface area contributed by atoms with E-state index >= 15 is 0 Å². The van der Waals surface area contributed by atoms with E-state index in [1.54, 1.807) is 24.3 Å². The van der Waals surface area contributed by atoms with Crippen LogP contribution in [0.25, 0.3) is 11.4 Å². The van der Waals surface area contributed by atoms with Crippen molar-refractivity contribution >= 4 is 16.0 Å². The lowest BCUT2D eigenvalue weighted by Gasteiger charge is -2.09. The molecule has 1 aromatic heterocycles. The molecule has 0 aliphatic heterocycles. The molecule has 0 saturated heterocycles. The Morgan fingerprint density at radius 1 is 0.833 bits per heavy atom. The van der Waals surface area contributed by atoms with Crippen molar-refractivity contribution in [1.29, 1.82) is 0 Å². The van der Waals surface area contributed by atoms with Gasteiger partial charge in [0.2, 0.25) is 5.95 Å². The summed E-state index contributed by atoms with van der Waals surface area (Å²) in [5.41, 5.74) is 3.85. The summed E-state index contributed by atoms with van der Waals surface area (Å²) >= 11 is 0. The van der Waals surface area contributed by atoms with Crippen molar-refractivity contribution in [3.63, 3.8) is 0 Å². The molecule has 0 fully saturated rings. The zero-order chi connectivity index (χ0) is 21.1. The number of nitrogens with zero attached hydrogens (tertiary/aromatic N) is 3. The number of hydrogen-bond donors (Lipinski definition) is 1. The lowest BCUT2D eigenvalue weighted by Crippen LogP contribution is -2.18. The Labute approximate surface area is 176 Å². The fraction of sp³-hybridized carbons (Fsp3) is 0.130. The lowest BCUT2D eigenvalue weighted by atomic mass is 10.1. The molecule has 4 rings (SSSR count). The van der Waals surface area contributed by atoms with Crippen molar-refractivity contribution in [3.8, 4) is 11.4 Å². The standard InChI is InChI=1S/C23H22N4O2S/c1-17-8-12-20(13-9-17)22-25-23(24-16-19-6-4-3-5-7-19)27(26-22)30(28,29)21-14-10-18(2)11-15-21/h3-15H,16H2,1-2H3,(H,24,25,26). The van der Waals surface area contributed by atoms with Gasteiger partial charge in [0.25, 0.3) is 10.0 Å². The third-order valence-electron chi connectivity index (χ3n) is 4.73. The predicted octanol–water partition coefficient (Wildman–Crippen LogP) is 4.41. The van der Waals surface area contributed by atoms with Gasteiger partial charge in [0.1, 0.15) is 0 Å². The maximum atomic E-state index is 13.3. The van der Waals surface area contributed by atoms with Crippen molar-refractivity contribution in [2.75, 3.05) is 5.32 Å². The summed E-state index contributed by atoms with van der Waals surface area (Å²) in [6, 6.07) is 24.1. The first kappa shape index (κ1) is 19.8. The van der Waals surface area contributed by atoms with Crippen molar-refractivity contribution < 1.29 is 8.42 Å². The summed E-state index contributed by atoms with van der Waals surface area (Å²) in [6.45, 7) is 4.33. The highest BCUT2D eigenvalue weighted by atomic mass is 32.2. The third kappa shape index (κ3) is 4.11. The van der Waals surface area contributed by atoms with Crippen molar-refractivity contribution in [2.45, 2.75) is 25.3 Å². The average molecular weight is 419 g/mol. The second-order valence-corrected chi connectivity index (χ2v) is 8.89. The van der Waals surface area contributed by atoms with E-state index in [4.69, 9.17) is 0 Å². The van der Waals surface area contributed by atoms with Crippen molar-refractivity contribution in [1.82, 2.24) is 14.2 Å². The summed E-state index contributed by atoms with van der Waals surface area (Å²) in [7, 11) is -3.91. The molecule has 0 radical (unpaired) electrons. The Morgan fingerprint density at radius 2 is 1.43 bits per heavy atom. The van der Waals surface area contributed by atoms with Crippen LogP contribution in [0.1, 0.15) is 16.7 Å². The van der Waals surface area contributed by atoms with E-state index in [-0.39, 0.29) is 10.8 Å². The molecule has 4 aromatic rings. The third-order valence-corrected chi connectivity index (χ3v) is 6.31. The number of nitrogens with one attached hydrogen (secondary N) is 1. The Bertz CT molecular complexity index is 1250. The summed E-state index contributed by atoms with van der Waals surface area (Å²) in [5.74, 6) is 0.524. The lowest BCUT2D eigenvalue weighted by molar-refractivity contribution is 0.580. The van der Waals surface area contributed by atoms with E-state index in [1.807, 2.05) is 68.4 Å². The zero-order valence-corrected chi connectivity index (χ0v) is 17.6. The first-order chi connectivity index (χ1) is 14.4. The van der Waals surface area contributed by atoms with Crippen LogP contribution in [0.2, 0.25) is 0 Å². The van der Waals surface area contributed by atoms with Gasteiger partial charge in [-0.2, -0.15) is 13.4 Å². The number of aromatic nitrogens is 3. The van der Waals surface area contributed by atoms with Gasteiger partial charge in [-0.15, -0.1) is 9.19 Å². The van der Waals surface area contributed by atoms with Crippen LogP contribution in [0, 0.1) is 13.8 Å². The molecule has 0 bridgehead atoms. The van der Waals surface area contributed by atoms with Crippen LogP contribution in [-0.2, 0) is 16.6 Å². The maximum Gasteiger partial charge on any atom is 0.286 e. The Kier molecular flexibility index (Phi) is 5.37. The molecule has 0 aliphatic carbocycles. The summed E-state index contributed by atoms with van der Waals surface area (Å²) < 4.78 is 27.6. The normalized spacial score (nSPS) is 11.4. The van der Waals surface area contributed by atoms with Gasteiger partial charge in [0.15, 0.2) is 5.82 Å². The number of hydrogen-bond acceptors (Lipinski definition) is 5. The van der Waals surface area contributed by atoms with E-state index in [0.29, 0.717) is 12.4 Å². The largest absolute Gasteiger partial charge is 0.349 e. The summed E-state index contributed by atoms with van der Waals surface area (Å²) in [6.07, 6.45) is 0. The fourth-order valence-electron chi connectivity index (χ4n) is 2.99. The highest BCUT2D eigenvalue weighted by Gasteiger charge is 2.24. The quantitative estimate of drug-likeness (QED) is 0.502. The molecule has 3 aromatic carbocycles. The molecular formula is C23H22N4O2S. The minimum Gasteiger partial charge on any atom is -0.349 e. The monoisotopic (exact) mass is 418 g/mol. The molecule has 152 valence electrons. The number of anilines is 1. The van der Waals surface area contributed by atoms with Crippen LogP contribution in [0.3, 0.4) is 0 Å². The first-order valence-electron chi connectivity index (χ1n) is 9.57. The zero-order valence-electron chi connectivity index (χ0n) is 16.8. The van der Waals surface area contributed by atoms with Gasteiger partial charge in [0, 0.05) is 12.1 Å². The number of benzene rings is 3. The highest BCUT2D eigenvalue weighted by Crippen LogP contribution is 2.23. The molecule has 0 spiro atoms. The second kappa shape index (κ2) is 8.12. The molecule has 6 nitrogen and oxygen atoms in total. The van der Waals surface area contributed by atoms with E-state index in [1.165, 1.54) is 0 Å². The van der Waals surface area contributed by atoms with E-state index in [2.05, 4.69) is 15.4 Å². The molecular weight excluding hydrogens is 396 g/mol. The van der Waals surface area contributed by atoms with E-state index < -0.39 is 10.0 Å². The Balaban J connectivity index is 1.76. The highest BCUT2D eigenvalue weighted by molar-refractivity contribution is 7.90. The van der Waals surface area contributed by atoms with E-state index in [9.17, 15) is 8.42 Å². The van der Waals surface area contributed by atoms with Gasteiger partial charge in [0.05, 0.1) is 4.90 Å². The summed E-state index contributed by atoms with van der Waals surface area (Å²) in [4.78, 5) is 4.66. The topological polar surface area (TPSA) is 76.9 Å². The van der Waals surface area contributed by atoms with Crippen LogP contribution in [0.4, 0.5) is 5.95 Å². The van der Waals surface area contributed by atoms with E-state index in [0.717, 1.165) is 26.3 Å².